The average molecular weight is 266 g/mol. The van der Waals surface area contributed by atoms with Crippen molar-refractivity contribution in [2.75, 3.05) is 7.11 Å². The highest BCUT2D eigenvalue weighted by atomic mass is 19.1. The van der Waals surface area contributed by atoms with Gasteiger partial charge >= 0.3 is 0 Å². The van der Waals surface area contributed by atoms with Crippen LogP contribution in [0.15, 0.2) is 22.7 Å². The summed E-state index contributed by atoms with van der Waals surface area (Å²) in [5, 5.41) is 13.4. The first-order chi connectivity index (χ1) is 9.15. The van der Waals surface area contributed by atoms with E-state index < -0.39 is 11.9 Å². The van der Waals surface area contributed by atoms with Crippen molar-refractivity contribution in [3.05, 3.63) is 29.8 Å². The van der Waals surface area contributed by atoms with Crippen LogP contribution in [0.1, 0.15) is 31.7 Å². The van der Waals surface area contributed by atoms with E-state index in [9.17, 15) is 9.50 Å². The molecule has 2 rings (SSSR count). The van der Waals surface area contributed by atoms with Crippen LogP contribution >= 0.6 is 0 Å². The summed E-state index contributed by atoms with van der Waals surface area (Å²) in [4.78, 5) is 4.01. The van der Waals surface area contributed by atoms with E-state index in [1.54, 1.807) is 6.07 Å². The van der Waals surface area contributed by atoms with Gasteiger partial charge in [0.2, 0.25) is 5.82 Å². The van der Waals surface area contributed by atoms with E-state index in [2.05, 4.69) is 10.1 Å². The summed E-state index contributed by atoms with van der Waals surface area (Å²) in [6.07, 6.45) is 0.537. The van der Waals surface area contributed by atoms with E-state index in [0.717, 1.165) is 6.42 Å². The van der Waals surface area contributed by atoms with Gasteiger partial charge < -0.3 is 14.4 Å². The molecule has 19 heavy (non-hydrogen) atoms. The fourth-order valence-corrected chi connectivity index (χ4v) is 1.68. The highest BCUT2D eigenvalue weighted by molar-refractivity contribution is 5.55. The van der Waals surface area contributed by atoms with Gasteiger partial charge in [-0.3, -0.25) is 0 Å². The number of aliphatic hydroxyl groups excluding tert-OH is 1. The predicted molar refractivity (Wildman–Crippen MR) is 66.1 cm³/mol. The summed E-state index contributed by atoms with van der Waals surface area (Å²) in [7, 11) is 1.46. The van der Waals surface area contributed by atoms with Crippen molar-refractivity contribution >= 4 is 0 Å². The molecule has 0 amide bonds. The first-order valence-electron chi connectivity index (χ1n) is 6.01. The summed E-state index contributed by atoms with van der Waals surface area (Å²) in [5.74, 6) is 0.115. The minimum absolute atomic E-state index is 0.0466. The Morgan fingerprint density at radius 2 is 2.26 bits per heavy atom. The molecule has 0 aliphatic heterocycles. The van der Waals surface area contributed by atoms with Gasteiger partial charge in [0, 0.05) is 6.07 Å². The van der Waals surface area contributed by atoms with Crippen molar-refractivity contribution in [2.45, 2.75) is 25.9 Å². The molecule has 1 aromatic carbocycles. The number of hydrogen-bond donors (Lipinski definition) is 1. The number of methoxy groups -OCH3 is 1. The van der Waals surface area contributed by atoms with Crippen molar-refractivity contribution in [2.24, 2.45) is 0 Å². The van der Waals surface area contributed by atoms with E-state index in [1.807, 2.05) is 6.92 Å². The second-order valence-corrected chi connectivity index (χ2v) is 4.11. The third-order valence-electron chi connectivity index (χ3n) is 2.71. The minimum Gasteiger partial charge on any atom is -0.497 e. The number of halogens is 1. The maximum Gasteiger partial charge on any atom is 0.260 e. The quantitative estimate of drug-likeness (QED) is 0.901. The van der Waals surface area contributed by atoms with Gasteiger partial charge in [-0.25, -0.2) is 4.39 Å². The van der Waals surface area contributed by atoms with Crippen molar-refractivity contribution in [1.29, 1.82) is 0 Å². The number of aromatic nitrogens is 2. The number of hydrogen-bond acceptors (Lipinski definition) is 5. The molecule has 1 atom stereocenters. The SMILES string of the molecule is CCCC(O)c1noc(-c2ccc(OC)cc2F)n1. The molecule has 102 valence electrons. The van der Waals surface area contributed by atoms with Crippen LogP contribution in [-0.2, 0) is 0 Å². The predicted octanol–water partition coefficient (Wildman–Crippen LogP) is 2.72. The molecular weight excluding hydrogens is 251 g/mol. The second-order valence-electron chi connectivity index (χ2n) is 4.11. The Morgan fingerprint density at radius 1 is 1.47 bits per heavy atom. The Labute approximate surface area is 110 Å². The molecule has 1 heterocycles. The Morgan fingerprint density at radius 3 is 2.89 bits per heavy atom. The molecule has 1 N–H and O–H groups in total. The maximum absolute atomic E-state index is 13.8. The van der Waals surface area contributed by atoms with Gasteiger partial charge in [-0.2, -0.15) is 4.98 Å². The minimum atomic E-state index is -0.788. The van der Waals surface area contributed by atoms with Crippen LogP contribution in [0.5, 0.6) is 5.75 Å². The normalized spacial score (nSPS) is 12.4. The summed E-state index contributed by atoms with van der Waals surface area (Å²) < 4.78 is 23.7. The van der Waals surface area contributed by atoms with Crippen molar-refractivity contribution in [3.63, 3.8) is 0 Å². The molecule has 0 saturated carbocycles. The van der Waals surface area contributed by atoms with Gasteiger partial charge in [0.1, 0.15) is 17.7 Å². The highest BCUT2D eigenvalue weighted by Crippen LogP contribution is 2.26. The number of nitrogens with zero attached hydrogens (tertiary/aromatic N) is 2. The zero-order chi connectivity index (χ0) is 13.8. The van der Waals surface area contributed by atoms with E-state index in [-0.39, 0.29) is 17.3 Å². The lowest BCUT2D eigenvalue weighted by Gasteiger charge is -2.02. The van der Waals surface area contributed by atoms with Gasteiger partial charge in [0.25, 0.3) is 5.89 Å². The molecule has 5 nitrogen and oxygen atoms in total. The fraction of sp³-hybridized carbons (Fsp3) is 0.385. The van der Waals surface area contributed by atoms with Gasteiger partial charge in [-0.05, 0) is 18.6 Å². The van der Waals surface area contributed by atoms with Crippen LogP contribution in [0.4, 0.5) is 4.39 Å². The number of ether oxygens (including phenoxy) is 1. The van der Waals surface area contributed by atoms with E-state index in [0.29, 0.717) is 12.2 Å². The third kappa shape index (κ3) is 2.90. The zero-order valence-corrected chi connectivity index (χ0v) is 10.8. The molecule has 0 radical (unpaired) electrons. The molecular formula is C13H15FN2O3. The molecule has 0 aliphatic carbocycles. The molecule has 2 aromatic rings. The van der Waals surface area contributed by atoms with Crippen molar-refractivity contribution in [3.8, 4) is 17.2 Å². The van der Waals surface area contributed by atoms with Gasteiger partial charge in [0.15, 0.2) is 0 Å². The lowest BCUT2D eigenvalue weighted by molar-refractivity contribution is 0.153. The Balaban J connectivity index is 2.27. The highest BCUT2D eigenvalue weighted by Gasteiger charge is 2.18. The largest absolute Gasteiger partial charge is 0.497 e. The van der Waals surface area contributed by atoms with Crippen LogP contribution < -0.4 is 4.74 Å². The van der Waals surface area contributed by atoms with Crippen molar-refractivity contribution < 1.29 is 18.8 Å². The van der Waals surface area contributed by atoms with Crippen LogP contribution in [0.3, 0.4) is 0 Å². The molecule has 0 spiro atoms. The van der Waals surface area contributed by atoms with Gasteiger partial charge in [-0.1, -0.05) is 18.5 Å². The summed E-state index contributed by atoms with van der Waals surface area (Å²) in [6.45, 7) is 1.94. The molecule has 0 saturated heterocycles. The fourth-order valence-electron chi connectivity index (χ4n) is 1.68. The van der Waals surface area contributed by atoms with E-state index >= 15 is 0 Å². The lowest BCUT2D eigenvalue weighted by Crippen LogP contribution is -1.99. The second kappa shape index (κ2) is 5.79. The molecule has 0 aliphatic rings. The Hall–Kier alpha value is -1.95. The van der Waals surface area contributed by atoms with E-state index in [4.69, 9.17) is 9.26 Å². The molecule has 1 unspecified atom stereocenters. The van der Waals surface area contributed by atoms with Crippen LogP contribution in [-0.4, -0.2) is 22.4 Å². The summed E-state index contributed by atoms with van der Waals surface area (Å²) in [5.41, 5.74) is 0.184. The summed E-state index contributed by atoms with van der Waals surface area (Å²) >= 11 is 0. The number of aliphatic hydroxyl groups is 1. The van der Waals surface area contributed by atoms with Crippen LogP contribution in [0.2, 0.25) is 0 Å². The smallest absolute Gasteiger partial charge is 0.260 e. The first-order valence-corrected chi connectivity index (χ1v) is 6.01. The van der Waals surface area contributed by atoms with Gasteiger partial charge in [0.05, 0.1) is 12.7 Å². The maximum atomic E-state index is 13.8. The molecule has 0 bridgehead atoms. The monoisotopic (exact) mass is 266 g/mol. The topological polar surface area (TPSA) is 68.4 Å². The van der Waals surface area contributed by atoms with Crippen LogP contribution in [0, 0.1) is 5.82 Å². The van der Waals surface area contributed by atoms with Crippen molar-refractivity contribution in [1.82, 2.24) is 10.1 Å². The summed E-state index contributed by atoms with van der Waals surface area (Å²) in [6, 6.07) is 4.34. The number of benzene rings is 1. The van der Waals surface area contributed by atoms with E-state index in [1.165, 1.54) is 19.2 Å². The third-order valence-corrected chi connectivity index (χ3v) is 2.71. The first kappa shape index (κ1) is 13.5. The standard InChI is InChI=1S/C13H15FN2O3/c1-3-4-11(17)12-15-13(19-16-12)9-6-5-8(18-2)7-10(9)14/h5-7,11,17H,3-4H2,1-2H3. The van der Waals surface area contributed by atoms with Crippen LogP contribution in [0.25, 0.3) is 11.5 Å². The Bertz CT molecular complexity index is 557. The lowest BCUT2D eigenvalue weighted by atomic mass is 10.2. The molecule has 6 heteroatoms. The van der Waals surface area contributed by atoms with Gasteiger partial charge in [-0.15, -0.1) is 0 Å². The Kier molecular flexibility index (Phi) is 4.11. The zero-order valence-electron chi connectivity index (χ0n) is 10.8. The molecule has 0 fully saturated rings. The average Bonchev–Trinajstić information content (AvgIpc) is 2.88. The number of rotatable bonds is 5. The molecule has 1 aromatic heterocycles.